The smallest absolute Gasteiger partial charge is 0.222 e. The molecular weight excluding hydrogens is 338 g/mol. The molecule has 0 unspecified atom stereocenters. The molecule has 0 spiro atoms. The molecule has 4 rings (SSSR count). The summed E-state index contributed by atoms with van der Waals surface area (Å²) in [6, 6.07) is 0. The van der Waals surface area contributed by atoms with Crippen LogP contribution in [0.1, 0.15) is 75.2 Å². The molecule has 0 bridgehead atoms. The van der Waals surface area contributed by atoms with E-state index in [1.165, 1.54) is 37.2 Å². The normalized spacial score (nSPS) is 23.2. The summed E-state index contributed by atoms with van der Waals surface area (Å²) in [6.45, 7) is 6.84. The standard InChI is InChI=1S/C22H35N3O2/c1-17-15-23-22(20-8-12-27-13-9-20)25(17)16-19-6-10-24(11-7-19)21(26)14-18-4-2-3-5-18/h15,18-20H,2-14,16H2,1H3. The van der Waals surface area contributed by atoms with Crippen LogP contribution in [0.15, 0.2) is 6.20 Å². The summed E-state index contributed by atoms with van der Waals surface area (Å²) in [5.41, 5.74) is 1.27. The van der Waals surface area contributed by atoms with Crippen LogP contribution < -0.4 is 0 Å². The number of ether oxygens (including phenoxy) is 1. The number of hydrogen-bond acceptors (Lipinski definition) is 3. The third kappa shape index (κ3) is 4.56. The second-order valence-electron chi connectivity index (χ2n) is 8.93. The van der Waals surface area contributed by atoms with E-state index < -0.39 is 0 Å². The maximum Gasteiger partial charge on any atom is 0.222 e. The highest BCUT2D eigenvalue weighted by Crippen LogP contribution is 2.31. The van der Waals surface area contributed by atoms with Crippen molar-refractivity contribution in [2.45, 2.75) is 77.2 Å². The number of rotatable bonds is 5. The van der Waals surface area contributed by atoms with Gasteiger partial charge in [0.2, 0.25) is 5.91 Å². The zero-order valence-electron chi connectivity index (χ0n) is 16.9. The molecule has 5 heteroatoms. The van der Waals surface area contributed by atoms with E-state index >= 15 is 0 Å². The predicted octanol–water partition coefficient (Wildman–Crippen LogP) is 3.90. The first-order valence-corrected chi connectivity index (χ1v) is 11.1. The SMILES string of the molecule is Cc1cnc(C2CCOCC2)n1CC1CCN(C(=O)CC2CCCC2)CC1. The van der Waals surface area contributed by atoms with Crippen molar-refractivity contribution in [3.05, 3.63) is 17.7 Å². The van der Waals surface area contributed by atoms with Crippen LogP contribution >= 0.6 is 0 Å². The predicted molar refractivity (Wildman–Crippen MR) is 106 cm³/mol. The lowest BCUT2D eigenvalue weighted by molar-refractivity contribution is -0.133. The van der Waals surface area contributed by atoms with E-state index in [2.05, 4.69) is 16.4 Å². The van der Waals surface area contributed by atoms with Crippen LogP contribution in [0.3, 0.4) is 0 Å². The van der Waals surface area contributed by atoms with Gasteiger partial charge in [0.25, 0.3) is 0 Å². The molecule has 0 N–H and O–H groups in total. The van der Waals surface area contributed by atoms with E-state index in [-0.39, 0.29) is 0 Å². The number of amides is 1. The van der Waals surface area contributed by atoms with Crippen molar-refractivity contribution in [1.29, 1.82) is 0 Å². The van der Waals surface area contributed by atoms with Crippen LogP contribution in [0.2, 0.25) is 0 Å². The molecule has 1 aromatic heterocycles. The molecule has 3 fully saturated rings. The molecule has 0 atom stereocenters. The van der Waals surface area contributed by atoms with Crippen molar-refractivity contribution in [3.63, 3.8) is 0 Å². The first-order chi connectivity index (χ1) is 13.2. The Bertz CT molecular complexity index is 622. The van der Waals surface area contributed by atoms with Gasteiger partial charge in [-0.3, -0.25) is 4.79 Å². The summed E-state index contributed by atoms with van der Waals surface area (Å²) in [5, 5.41) is 0. The molecule has 5 nitrogen and oxygen atoms in total. The second-order valence-corrected chi connectivity index (χ2v) is 8.93. The zero-order valence-corrected chi connectivity index (χ0v) is 16.9. The number of likely N-dealkylation sites (tertiary alicyclic amines) is 1. The molecule has 1 aliphatic carbocycles. The fraction of sp³-hybridized carbons (Fsp3) is 0.818. The molecule has 1 amide bonds. The van der Waals surface area contributed by atoms with Crippen LogP contribution in [-0.4, -0.2) is 46.7 Å². The van der Waals surface area contributed by atoms with Gasteiger partial charge in [-0.15, -0.1) is 0 Å². The summed E-state index contributed by atoms with van der Waals surface area (Å²) in [5.74, 6) is 3.52. The maximum absolute atomic E-state index is 12.6. The Kier molecular flexibility index (Phi) is 6.16. The minimum Gasteiger partial charge on any atom is -0.381 e. The van der Waals surface area contributed by atoms with Crippen LogP contribution in [-0.2, 0) is 16.1 Å². The van der Waals surface area contributed by atoms with E-state index in [4.69, 9.17) is 9.72 Å². The highest BCUT2D eigenvalue weighted by molar-refractivity contribution is 5.76. The van der Waals surface area contributed by atoms with Gasteiger partial charge in [0, 0.05) is 57.1 Å². The molecule has 1 aromatic rings. The molecule has 0 radical (unpaired) electrons. The minimum atomic E-state index is 0.405. The Morgan fingerprint density at radius 3 is 2.48 bits per heavy atom. The largest absolute Gasteiger partial charge is 0.381 e. The molecular formula is C22H35N3O2. The van der Waals surface area contributed by atoms with E-state index in [0.717, 1.165) is 65.0 Å². The first kappa shape index (κ1) is 19.0. The number of aromatic nitrogens is 2. The quantitative estimate of drug-likeness (QED) is 0.786. The third-order valence-corrected chi connectivity index (χ3v) is 7.02. The molecule has 0 aromatic carbocycles. The van der Waals surface area contributed by atoms with Gasteiger partial charge >= 0.3 is 0 Å². The van der Waals surface area contributed by atoms with Crippen molar-refractivity contribution < 1.29 is 9.53 Å². The Hall–Kier alpha value is -1.36. The molecule has 2 aliphatic heterocycles. The summed E-state index contributed by atoms with van der Waals surface area (Å²) >= 11 is 0. The zero-order chi connectivity index (χ0) is 18.6. The topological polar surface area (TPSA) is 47.4 Å². The average Bonchev–Trinajstić information content (AvgIpc) is 3.33. The van der Waals surface area contributed by atoms with E-state index in [9.17, 15) is 4.79 Å². The number of carbonyl (C=O) groups is 1. The summed E-state index contributed by atoms with van der Waals surface area (Å²) in [6.07, 6.45) is 12.4. The van der Waals surface area contributed by atoms with Crippen molar-refractivity contribution in [2.24, 2.45) is 11.8 Å². The lowest BCUT2D eigenvalue weighted by Gasteiger charge is -2.33. The third-order valence-electron chi connectivity index (χ3n) is 7.02. The van der Waals surface area contributed by atoms with E-state index in [0.29, 0.717) is 23.7 Å². The lowest BCUT2D eigenvalue weighted by Crippen LogP contribution is -2.40. The van der Waals surface area contributed by atoms with Gasteiger partial charge < -0.3 is 14.2 Å². The van der Waals surface area contributed by atoms with Crippen LogP contribution in [0.5, 0.6) is 0 Å². The van der Waals surface area contributed by atoms with Crippen molar-refractivity contribution in [1.82, 2.24) is 14.5 Å². The lowest BCUT2D eigenvalue weighted by atomic mass is 9.94. The molecule has 2 saturated heterocycles. The van der Waals surface area contributed by atoms with Crippen molar-refractivity contribution in [3.8, 4) is 0 Å². The Morgan fingerprint density at radius 2 is 1.78 bits per heavy atom. The number of hydrogen-bond donors (Lipinski definition) is 0. The minimum absolute atomic E-state index is 0.405. The first-order valence-electron chi connectivity index (χ1n) is 11.1. The molecule has 3 heterocycles. The molecule has 150 valence electrons. The Labute approximate surface area is 163 Å². The summed E-state index contributed by atoms with van der Waals surface area (Å²) < 4.78 is 7.98. The van der Waals surface area contributed by atoms with Crippen LogP contribution in [0.25, 0.3) is 0 Å². The second kappa shape index (κ2) is 8.76. The van der Waals surface area contributed by atoms with E-state index in [1.807, 2.05) is 6.20 Å². The highest BCUT2D eigenvalue weighted by atomic mass is 16.5. The number of carbonyl (C=O) groups excluding carboxylic acids is 1. The summed E-state index contributed by atoms with van der Waals surface area (Å²) in [4.78, 5) is 19.5. The van der Waals surface area contributed by atoms with Crippen molar-refractivity contribution >= 4 is 5.91 Å². The highest BCUT2D eigenvalue weighted by Gasteiger charge is 2.28. The van der Waals surface area contributed by atoms with Gasteiger partial charge in [0.05, 0.1) is 0 Å². The van der Waals surface area contributed by atoms with Crippen molar-refractivity contribution in [2.75, 3.05) is 26.3 Å². The van der Waals surface area contributed by atoms with E-state index in [1.54, 1.807) is 0 Å². The van der Waals surface area contributed by atoms with Gasteiger partial charge in [-0.05, 0) is 57.3 Å². The number of nitrogens with zero attached hydrogens (tertiary/aromatic N) is 3. The molecule has 1 saturated carbocycles. The fourth-order valence-electron chi connectivity index (χ4n) is 5.21. The fourth-order valence-corrected chi connectivity index (χ4v) is 5.21. The number of imidazole rings is 1. The van der Waals surface area contributed by atoms with Gasteiger partial charge in [-0.2, -0.15) is 0 Å². The van der Waals surface area contributed by atoms with Gasteiger partial charge in [-0.1, -0.05) is 12.8 Å². The number of aryl methyl sites for hydroxylation is 1. The Morgan fingerprint density at radius 1 is 1.07 bits per heavy atom. The maximum atomic E-state index is 12.6. The monoisotopic (exact) mass is 373 g/mol. The van der Waals surface area contributed by atoms with Crippen LogP contribution in [0, 0.1) is 18.8 Å². The average molecular weight is 374 g/mol. The molecule has 27 heavy (non-hydrogen) atoms. The van der Waals surface area contributed by atoms with Gasteiger partial charge in [0.15, 0.2) is 0 Å². The number of piperidine rings is 1. The van der Waals surface area contributed by atoms with Crippen LogP contribution in [0.4, 0.5) is 0 Å². The Balaban J connectivity index is 1.30. The molecule has 3 aliphatic rings. The van der Waals surface area contributed by atoms with Gasteiger partial charge in [0.1, 0.15) is 5.82 Å². The van der Waals surface area contributed by atoms with Gasteiger partial charge in [-0.25, -0.2) is 4.98 Å². The summed E-state index contributed by atoms with van der Waals surface area (Å²) in [7, 11) is 0.